The summed E-state index contributed by atoms with van der Waals surface area (Å²) >= 11 is 5.43. The van der Waals surface area contributed by atoms with Crippen LogP contribution in [-0.2, 0) is 0 Å². The molecule has 0 heterocycles. The van der Waals surface area contributed by atoms with Crippen molar-refractivity contribution in [1.29, 1.82) is 0 Å². The Balaban J connectivity index is 1.97. The van der Waals surface area contributed by atoms with Crippen molar-refractivity contribution >= 4 is 23.0 Å². The third kappa shape index (κ3) is 4.80. The fourth-order valence-electron chi connectivity index (χ4n) is 2.44. The van der Waals surface area contributed by atoms with Gasteiger partial charge in [0.1, 0.15) is 0 Å². The van der Waals surface area contributed by atoms with E-state index in [1.165, 1.54) is 22.3 Å². The molecule has 0 radical (unpaired) electrons. The molecule has 0 saturated heterocycles. The Morgan fingerprint density at radius 1 is 0.870 bits per heavy atom. The molecule has 2 nitrogen and oxygen atoms in total. The molecule has 1 atom stereocenters. The summed E-state index contributed by atoms with van der Waals surface area (Å²) in [7, 11) is 0. The van der Waals surface area contributed by atoms with Crippen LogP contribution in [0.2, 0.25) is 0 Å². The lowest BCUT2D eigenvalue weighted by Gasteiger charge is -2.18. The van der Waals surface area contributed by atoms with Gasteiger partial charge >= 0.3 is 0 Å². The van der Waals surface area contributed by atoms with E-state index < -0.39 is 0 Å². The van der Waals surface area contributed by atoms with E-state index in [-0.39, 0.29) is 6.04 Å². The Bertz CT molecular complexity index is 675. The molecule has 2 aromatic carbocycles. The van der Waals surface area contributed by atoms with E-state index in [1.807, 2.05) is 0 Å². The van der Waals surface area contributed by atoms with Gasteiger partial charge in [-0.3, -0.25) is 0 Å². The zero-order chi connectivity index (χ0) is 17.0. The molecule has 0 bridgehead atoms. The molecule has 0 fully saturated rings. The topological polar surface area (TPSA) is 24.1 Å². The second-order valence-electron chi connectivity index (χ2n) is 6.44. The predicted octanol–water partition coefficient (Wildman–Crippen LogP) is 5.47. The molecule has 23 heavy (non-hydrogen) atoms. The van der Waals surface area contributed by atoms with Gasteiger partial charge in [0.25, 0.3) is 0 Å². The lowest BCUT2D eigenvalue weighted by Crippen LogP contribution is -2.30. The third-order valence-electron chi connectivity index (χ3n) is 4.22. The molecule has 0 spiro atoms. The van der Waals surface area contributed by atoms with Crippen LogP contribution >= 0.6 is 12.2 Å². The molecule has 2 aromatic rings. The summed E-state index contributed by atoms with van der Waals surface area (Å²) in [5, 5.41) is 7.26. The van der Waals surface area contributed by atoms with Crippen LogP contribution in [-0.4, -0.2) is 5.11 Å². The van der Waals surface area contributed by atoms with Crippen LogP contribution in [0.25, 0.3) is 0 Å². The Morgan fingerprint density at radius 3 is 2.04 bits per heavy atom. The lowest BCUT2D eigenvalue weighted by atomic mass is 10.00. The fraction of sp³-hybridized carbons (Fsp3) is 0.350. The van der Waals surface area contributed by atoms with E-state index in [2.05, 4.69) is 87.7 Å². The van der Waals surface area contributed by atoms with Crippen LogP contribution in [0.15, 0.2) is 42.5 Å². The maximum atomic E-state index is 5.43. The molecule has 2 N–H and O–H groups in total. The molecule has 0 aliphatic rings. The molecule has 2 rings (SSSR count). The second kappa shape index (κ2) is 7.60. The normalized spacial score (nSPS) is 12.1. The van der Waals surface area contributed by atoms with Gasteiger partial charge in [-0.15, -0.1) is 0 Å². The molecule has 0 amide bonds. The molecule has 122 valence electrons. The average Bonchev–Trinajstić information content (AvgIpc) is 2.51. The third-order valence-corrected chi connectivity index (χ3v) is 4.44. The van der Waals surface area contributed by atoms with Crippen molar-refractivity contribution in [2.24, 2.45) is 0 Å². The van der Waals surface area contributed by atoms with Crippen LogP contribution in [0.3, 0.4) is 0 Å². The molecule has 0 aliphatic carbocycles. The Hall–Kier alpha value is -1.87. The van der Waals surface area contributed by atoms with E-state index in [9.17, 15) is 0 Å². The van der Waals surface area contributed by atoms with Crippen LogP contribution in [0.5, 0.6) is 0 Å². The summed E-state index contributed by atoms with van der Waals surface area (Å²) in [4.78, 5) is 0. The van der Waals surface area contributed by atoms with Gasteiger partial charge in [0.15, 0.2) is 5.11 Å². The van der Waals surface area contributed by atoms with Crippen LogP contribution in [0, 0.1) is 13.8 Å². The van der Waals surface area contributed by atoms with E-state index in [1.54, 1.807) is 0 Å². The highest BCUT2D eigenvalue weighted by Gasteiger charge is 2.08. The van der Waals surface area contributed by atoms with Crippen molar-refractivity contribution in [3.63, 3.8) is 0 Å². The smallest absolute Gasteiger partial charge is 0.171 e. The van der Waals surface area contributed by atoms with Crippen LogP contribution in [0.4, 0.5) is 5.69 Å². The minimum absolute atomic E-state index is 0.169. The number of benzene rings is 2. The van der Waals surface area contributed by atoms with Crippen molar-refractivity contribution in [1.82, 2.24) is 5.32 Å². The number of nitrogens with one attached hydrogen (secondary N) is 2. The second-order valence-corrected chi connectivity index (χ2v) is 6.85. The number of hydrogen-bond acceptors (Lipinski definition) is 1. The van der Waals surface area contributed by atoms with Crippen molar-refractivity contribution in [3.05, 3.63) is 64.7 Å². The summed E-state index contributed by atoms with van der Waals surface area (Å²) in [6, 6.07) is 15.2. The highest BCUT2D eigenvalue weighted by molar-refractivity contribution is 7.80. The molecule has 1 unspecified atom stereocenters. The first-order chi connectivity index (χ1) is 10.9. The van der Waals surface area contributed by atoms with Crippen molar-refractivity contribution < 1.29 is 0 Å². The lowest BCUT2D eigenvalue weighted by molar-refractivity contribution is 0.721. The highest BCUT2D eigenvalue weighted by Crippen LogP contribution is 2.19. The minimum atomic E-state index is 0.169. The number of hydrogen-bond donors (Lipinski definition) is 2. The summed E-state index contributed by atoms with van der Waals surface area (Å²) in [6.07, 6.45) is 0. The van der Waals surface area contributed by atoms with Gasteiger partial charge in [-0.1, -0.05) is 44.2 Å². The van der Waals surface area contributed by atoms with Gasteiger partial charge in [0.05, 0.1) is 6.04 Å². The SMILES string of the molecule is Cc1ccc(NC(=S)NC(C)c2ccc(C(C)C)cc2)cc1C. The summed E-state index contributed by atoms with van der Waals surface area (Å²) in [5.41, 5.74) is 6.16. The Labute approximate surface area is 145 Å². The molecular weight excluding hydrogens is 300 g/mol. The molecule has 0 aromatic heterocycles. The zero-order valence-corrected chi connectivity index (χ0v) is 15.4. The summed E-state index contributed by atoms with van der Waals surface area (Å²) in [5.74, 6) is 0.555. The summed E-state index contributed by atoms with van der Waals surface area (Å²) < 4.78 is 0. The highest BCUT2D eigenvalue weighted by atomic mass is 32.1. The minimum Gasteiger partial charge on any atom is -0.356 e. The van der Waals surface area contributed by atoms with Crippen LogP contribution < -0.4 is 10.6 Å². The van der Waals surface area contributed by atoms with E-state index in [0.717, 1.165) is 5.69 Å². The molecular formula is C20H26N2S. The van der Waals surface area contributed by atoms with Gasteiger partial charge in [-0.2, -0.15) is 0 Å². The standard InChI is InChI=1S/C20H26N2S/c1-13(2)17-7-9-18(10-8-17)16(5)21-20(23)22-19-11-6-14(3)15(4)12-19/h6-13,16H,1-5H3,(H2,21,22,23). The molecule has 3 heteroatoms. The van der Waals surface area contributed by atoms with Crippen molar-refractivity contribution in [2.45, 2.75) is 46.6 Å². The fourth-order valence-corrected chi connectivity index (χ4v) is 2.73. The van der Waals surface area contributed by atoms with Gasteiger partial charge in [0.2, 0.25) is 0 Å². The number of aryl methyl sites for hydroxylation is 2. The maximum absolute atomic E-state index is 5.43. The van der Waals surface area contributed by atoms with Gasteiger partial charge in [0, 0.05) is 5.69 Å². The zero-order valence-electron chi connectivity index (χ0n) is 14.6. The first kappa shape index (κ1) is 17.5. The first-order valence-corrected chi connectivity index (χ1v) is 8.52. The maximum Gasteiger partial charge on any atom is 0.171 e. The van der Waals surface area contributed by atoms with Crippen LogP contribution in [0.1, 0.15) is 55.0 Å². The van der Waals surface area contributed by atoms with E-state index in [0.29, 0.717) is 11.0 Å². The number of rotatable bonds is 4. The van der Waals surface area contributed by atoms with Crippen molar-refractivity contribution in [2.75, 3.05) is 5.32 Å². The first-order valence-electron chi connectivity index (χ1n) is 8.11. The average molecular weight is 327 g/mol. The van der Waals surface area contributed by atoms with Gasteiger partial charge < -0.3 is 10.6 Å². The molecule has 0 saturated carbocycles. The Kier molecular flexibility index (Phi) is 5.78. The van der Waals surface area contributed by atoms with E-state index >= 15 is 0 Å². The van der Waals surface area contributed by atoms with Gasteiger partial charge in [-0.05, 0) is 73.3 Å². The summed E-state index contributed by atoms with van der Waals surface area (Å²) in [6.45, 7) is 10.8. The number of anilines is 1. The van der Waals surface area contributed by atoms with Crippen molar-refractivity contribution in [3.8, 4) is 0 Å². The quantitative estimate of drug-likeness (QED) is 0.728. The van der Waals surface area contributed by atoms with E-state index in [4.69, 9.17) is 12.2 Å². The Morgan fingerprint density at radius 2 is 1.48 bits per heavy atom. The largest absolute Gasteiger partial charge is 0.356 e. The molecule has 0 aliphatic heterocycles. The number of thiocarbonyl (C=S) groups is 1. The monoisotopic (exact) mass is 326 g/mol. The van der Waals surface area contributed by atoms with Gasteiger partial charge in [-0.25, -0.2) is 0 Å². The predicted molar refractivity (Wildman–Crippen MR) is 104 cm³/mol.